The minimum atomic E-state index is -0.113. The summed E-state index contributed by atoms with van der Waals surface area (Å²) in [6.45, 7) is 8.07. The standard InChI is InChI=1S/C20H20N2OS/c1-12-5-7-14(3)16(9-12)18-11-24-20(21-18)22-19(23)17-10-13(2)6-8-15(17)4/h5-11H,1-4H3,(H,21,22,23). The number of amides is 1. The number of hydrogen-bond donors (Lipinski definition) is 1. The Bertz CT molecular complexity index is 912. The second-order valence-electron chi connectivity index (χ2n) is 6.13. The molecule has 0 aliphatic heterocycles. The summed E-state index contributed by atoms with van der Waals surface area (Å²) in [5, 5.41) is 5.53. The number of aromatic nitrogens is 1. The third-order valence-corrected chi connectivity index (χ3v) is 4.79. The van der Waals surface area contributed by atoms with Crippen molar-refractivity contribution in [2.75, 3.05) is 5.32 Å². The van der Waals surface area contributed by atoms with Crippen molar-refractivity contribution in [1.29, 1.82) is 0 Å². The number of rotatable bonds is 3. The molecule has 0 bridgehead atoms. The molecular formula is C20H20N2OS. The number of nitrogens with one attached hydrogen (secondary N) is 1. The molecule has 122 valence electrons. The van der Waals surface area contributed by atoms with Gasteiger partial charge in [0.1, 0.15) is 0 Å². The average Bonchev–Trinajstić information content (AvgIpc) is 3.00. The SMILES string of the molecule is Cc1ccc(C)c(C(=O)Nc2nc(-c3cc(C)ccc3C)cs2)c1. The first-order valence-electron chi connectivity index (χ1n) is 7.86. The number of thiazole rings is 1. The lowest BCUT2D eigenvalue weighted by atomic mass is 10.0. The van der Waals surface area contributed by atoms with Crippen molar-refractivity contribution in [3.63, 3.8) is 0 Å². The highest BCUT2D eigenvalue weighted by atomic mass is 32.1. The van der Waals surface area contributed by atoms with Gasteiger partial charge in [0.15, 0.2) is 5.13 Å². The number of nitrogens with zero attached hydrogens (tertiary/aromatic N) is 1. The van der Waals surface area contributed by atoms with Gasteiger partial charge in [-0.05, 0) is 51.0 Å². The summed E-state index contributed by atoms with van der Waals surface area (Å²) in [5.41, 5.74) is 7.11. The summed E-state index contributed by atoms with van der Waals surface area (Å²) >= 11 is 1.45. The van der Waals surface area contributed by atoms with E-state index in [1.165, 1.54) is 22.5 Å². The molecule has 4 heteroatoms. The Morgan fingerprint density at radius 2 is 1.62 bits per heavy atom. The first-order valence-corrected chi connectivity index (χ1v) is 8.74. The second-order valence-corrected chi connectivity index (χ2v) is 6.99. The lowest BCUT2D eigenvalue weighted by Crippen LogP contribution is -2.13. The van der Waals surface area contributed by atoms with Crippen molar-refractivity contribution in [3.8, 4) is 11.3 Å². The maximum absolute atomic E-state index is 12.5. The predicted octanol–water partition coefficient (Wildman–Crippen LogP) is 5.30. The summed E-state index contributed by atoms with van der Waals surface area (Å²) in [7, 11) is 0. The molecule has 1 aromatic heterocycles. The zero-order valence-corrected chi connectivity index (χ0v) is 15.1. The van der Waals surface area contributed by atoms with E-state index in [1.54, 1.807) is 0 Å². The van der Waals surface area contributed by atoms with E-state index in [2.05, 4.69) is 42.3 Å². The van der Waals surface area contributed by atoms with Crippen LogP contribution in [0.15, 0.2) is 41.8 Å². The molecule has 3 nitrogen and oxygen atoms in total. The largest absolute Gasteiger partial charge is 0.298 e. The fourth-order valence-electron chi connectivity index (χ4n) is 2.61. The number of benzene rings is 2. The van der Waals surface area contributed by atoms with E-state index in [1.807, 2.05) is 37.4 Å². The smallest absolute Gasteiger partial charge is 0.257 e. The lowest BCUT2D eigenvalue weighted by Gasteiger charge is -2.06. The van der Waals surface area contributed by atoms with Crippen LogP contribution in [-0.4, -0.2) is 10.9 Å². The Balaban J connectivity index is 1.85. The van der Waals surface area contributed by atoms with Gasteiger partial charge >= 0.3 is 0 Å². The van der Waals surface area contributed by atoms with Crippen molar-refractivity contribution in [3.05, 3.63) is 69.6 Å². The van der Waals surface area contributed by atoms with Crippen LogP contribution in [-0.2, 0) is 0 Å². The number of hydrogen-bond acceptors (Lipinski definition) is 3. The molecule has 2 aromatic carbocycles. The normalized spacial score (nSPS) is 10.7. The van der Waals surface area contributed by atoms with Crippen LogP contribution in [0.1, 0.15) is 32.6 Å². The average molecular weight is 336 g/mol. The van der Waals surface area contributed by atoms with Gasteiger partial charge in [0.2, 0.25) is 0 Å². The van der Waals surface area contributed by atoms with Gasteiger partial charge in [-0.1, -0.05) is 35.4 Å². The highest BCUT2D eigenvalue weighted by molar-refractivity contribution is 7.14. The zero-order valence-electron chi connectivity index (χ0n) is 14.3. The Morgan fingerprint density at radius 3 is 2.38 bits per heavy atom. The highest BCUT2D eigenvalue weighted by Crippen LogP contribution is 2.28. The predicted molar refractivity (Wildman–Crippen MR) is 101 cm³/mol. The van der Waals surface area contributed by atoms with Crippen LogP contribution in [0.2, 0.25) is 0 Å². The van der Waals surface area contributed by atoms with E-state index in [0.717, 1.165) is 22.4 Å². The van der Waals surface area contributed by atoms with E-state index in [9.17, 15) is 4.79 Å². The summed E-state index contributed by atoms with van der Waals surface area (Å²) < 4.78 is 0. The number of anilines is 1. The zero-order chi connectivity index (χ0) is 17.3. The third kappa shape index (κ3) is 3.39. The first-order chi connectivity index (χ1) is 11.4. The molecule has 3 rings (SSSR count). The van der Waals surface area contributed by atoms with Gasteiger partial charge in [-0.25, -0.2) is 4.98 Å². The molecule has 24 heavy (non-hydrogen) atoms. The van der Waals surface area contributed by atoms with E-state index in [0.29, 0.717) is 10.7 Å². The molecule has 1 amide bonds. The fraction of sp³-hybridized carbons (Fsp3) is 0.200. The third-order valence-electron chi connectivity index (χ3n) is 4.03. The van der Waals surface area contributed by atoms with Crippen LogP contribution < -0.4 is 5.32 Å². The first kappa shape index (κ1) is 16.4. The second kappa shape index (κ2) is 6.57. The molecule has 0 aliphatic rings. The van der Waals surface area contributed by atoms with Crippen LogP contribution in [0.3, 0.4) is 0 Å². The molecule has 0 atom stereocenters. The van der Waals surface area contributed by atoms with Crippen molar-refractivity contribution >= 4 is 22.4 Å². The molecule has 3 aromatic rings. The van der Waals surface area contributed by atoms with E-state index in [4.69, 9.17) is 0 Å². The van der Waals surface area contributed by atoms with E-state index < -0.39 is 0 Å². The minimum Gasteiger partial charge on any atom is -0.298 e. The molecule has 1 heterocycles. The molecule has 0 saturated carbocycles. The van der Waals surface area contributed by atoms with Crippen LogP contribution in [0.25, 0.3) is 11.3 Å². The Hall–Kier alpha value is -2.46. The highest BCUT2D eigenvalue weighted by Gasteiger charge is 2.13. The maximum atomic E-state index is 12.5. The van der Waals surface area contributed by atoms with Crippen LogP contribution >= 0.6 is 11.3 Å². The molecule has 0 radical (unpaired) electrons. The van der Waals surface area contributed by atoms with Crippen molar-refractivity contribution in [2.45, 2.75) is 27.7 Å². The molecule has 0 saturated heterocycles. The van der Waals surface area contributed by atoms with Gasteiger partial charge in [0, 0.05) is 16.5 Å². The molecule has 0 fully saturated rings. The van der Waals surface area contributed by atoms with E-state index in [-0.39, 0.29) is 5.91 Å². The van der Waals surface area contributed by atoms with Crippen LogP contribution in [0.5, 0.6) is 0 Å². The van der Waals surface area contributed by atoms with Crippen LogP contribution in [0, 0.1) is 27.7 Å². The molecule has 0 spiro atoms. The number of carbonyl (C=O) groups is 1. The number of aryl methyl sites for hydroxylation is 4. The molecule has 0 unspecified atom stereocenters. The van der Waals surface area contributed by atoms with Gasteiger partial charge in [0.25, 0.3) is 5.91 Å². The summed E-state index contributed by atoms with van der Waals surface area (Å²) in [4.78, 5) is 17.1. The van der Waals surface area contributed by atoms with E-state index >= 15 is 0 Å². The van der Waals surface area contributed by atoms with Gasteiger partial charge < -0.3 is 0 Å². The van der Waals surface area contributed by atoms with Crippen molar-refractivity contribution in [1.82, 2.24) is 4.98 Å². The Morgan fingerprint density at radius 1 is 0.958 bits per heavy atom. The monoisotopic (exact) mass is 336 g/mol. The molecular weight excluding hydrogens is 316 g/mol. The van der Waals surface area contributed by atoms with Gasteiger partial charge in [-0.15, -0.1) is 11.3 Å². The molecule has 1 N–H and O–H groups in total. The van der Waals surface area contributed by atoms with Crippen LogP contribution in [0.4, 0.5) is 5.13 Å². The topological polar surface area (TPSA) is 42.0 Å². The summed E-state index contributed by atoms with van der Waals surface area (Å²) in [6, 6.07) is 12.2. The fourth-order valence-corrected chi connectivity index (χ4v) is 3.32. The number of carbonyl (C=O) groups excluding carboxylic acids is 1. The molecule has 0 aliphatic carbocycles. The quantitative estimate of drug-likeness (QED) is 0.705. The van der Waals surface area contributed by atoms with Gasteiger partial charge in [0.05, 0.1) is 5.69 Å². The summed E-state index contributed by atoms with van der Waals surface area (Å²) in [5.74, 6) is -0.113. The van der Waals surface area contributed by atoms with Gasteiger partial charge in [-0.2, -0.15) is 0 Å². The van der Waals surface area contributed by atoms with Gasteiger partial charge in [-0.3, -0.25) is 10.1 Å². The minimum absolute atomic E-state index is 0.113. The summed E-state index contributed by atoms with van der Waals surface area (Å²) in [6.07, 6.45) is 0. The maximum Gasteiger partial charge on any atom is 0.257 e. The lowest BCUT2D eigenvalue weighted by molar-refractivity contribution is 0.102. The Kier molecular flexibility index (Phi) is 4.49. The van der Waals surface area contributed by atoms with Crippen molar-refractivity contribution in [2.24, 2.45) is 0 Å². The Labute approximate surface area is 146 Å². The van der Waals surface area contributed by atoms with Crippen molar-refractivity contribution < 1.29 is 4.79 Å².